The van der Waals surface area contributed by atoms with Crippen molar-refractivity contribution in [3.05, 3.63) is 93.4 Å². The zero-order valence-corrected chi connectivity index (χ0v) is 21.6. The van der Waals surface area contributed by atoms with Crippen molar-refractivity contribution in [3.8, 4) is 0 Å². The van der Waals surface area contributed by atoms with Gasteiger partial charge in [-0.3, -0.25) is 14.2 Å². The molecule has 0 saturated heterocycles. The van der Waals surface area contributed by atoms with Gasteiger partial charge in [0.05, 0.1) is 12.3 Å². The van der Waals surface area contributed by atoms with Crippen LogP contribution in [0.2, 0.25) is 0 Å². The van der Waals surface area contributed by atoms with Gasteiger partial charge in [-0.05, 0) is 37.3 Å². The van der Waals surface area contributed by atoms with E-state index in [9.17, 15) is 9.59 Å². The molecule has 7 heteroatoms. The molecule has 0 spiro atoms. The van der Waals surface area contributed by atoms with Gasteiger partial charge in [0.1, 0.15) is 0 Å². The first-order valence-electron chi connectivity index (χ1n) is 12.1. The number of rotatable bonds is 13. The van der Waals surface area contributed by atoms with Crippen molar-refractivity contribution in [3.63, 3.8) is 0 Å². The van der Waals surface area contributed by atoms with Crippen LogP contribution in [0.3, 0.4) is 0 Å². The Kier molecular flexibility index (Phi) is 10.6. The number of aryl methyl sites for hydroxylation is 1. The summed E-state index contributed by atoms with van der Waals surface area (Å²) in [5.74, 6) is 0.766. The molecule has 1 N–H and O–H groups in total. The molecular formula is C28H35N3O3S. The number of hydrogen-bond donors (Lipinski definition) is 1. The Morgan fingerprint density at radius 1 is 1.09 bits per heavy atom. The third kappa shape index (κ3) is 8.37. The molecule has 3 rings (SSSR count). The lowest BCUT2D eigenvalue weighted by Crippen LogP contribution is -2.32. The molecule has 3 aromatic rings. The average Bonchev–Trinajstić information content (AvgIpc) is 2.87. The van der Waals surface area contributed by atoms with Gasteiger partial charge in [0, 0.05) is 44.4 Å². The number of carbonyl (C=O) groups is 1. The largest absolute Gasteiger partial charge is 0.378 e. The molecule has 6 nitrogen and oxygen atoms in total. The summed E-state index contributed by atoms with van der Waals surface area (Å²) < 4.78 is 6.93. The van der Waals surface area contributed by atoms with Crippen molar-refractivity contribution >= 4 is 17.7 Å². The highest BCUT2D eigenvalue weighted by Crippen LogP contribution is 2.19. The first kappa shape index (κ1) is 26.7. The van der Waals surface area contributed by atoms with Crippen molar-refractivity contribution < 1.29 is 9.53 Å². The molecular weight excluding hydrogens is 458 g/mol. The van der Waals surface area contributed by atoms with Gasteiger partial charge in [-0.25, -0.2) is 4.98 Å². The highest BCUT2D eigenvalue weighted by molar-refractivity contribution is 7.99. The molecule has 1 atom stereocenters. The number of carbonyl (C=O) groups excluding carboxylic acids is 1. The number of hydrogen-bond acceptors (Lipinski definition) is 5. The molecule has 186 valence electrons. The smallest absolute Gasteiger partial charge is 0.257 e. The first-order chi connectivity index (χ1) is 17.0. The van der Waals surface area contributed by atoms with Gasteiger partial charge in [-0.15, -0.1) is 0 Å². The number of thioether (sulfide) groups is 1. The van der Waals surface area contributed by atoms with Crippen LogP contribution in [0.4, 0.5) is 0 Å². The van der Waals surface area contributed by atoms with Crippen LogP contribution in [-0.4, -0.2) is 34.4 Å². The maximum absolute atomic E-state index is 13.1. The number of aromatic nitrogens is 2. The zero-order chi connectivity index (χ0) is 25.0. The molecule has 0 aliphatic rings. The minimum Gasteiger partial charge on any atom is -0.378 e. The first-order valence-corrected chi connectivity index (χ1v) is 13.0. The summed E-state index contributed by atoms with van der Waals surface area (Å²) in [5.41, 5.74) is 3.63. The van der Waals surface area contributed by atoms with E-state index in [4.69, 9.17) is 9.72 Å². The van der Waals surface area contributed by atoms with Crippen molar-refractivity contribution in [1.82, 2.24) is 14.9 Å². The summed E-state index contributed by atoms with van der Waals surface area (Å²) in [6.07, 6.45) is 3.54. The van der Waals surface area contributed by atoms with E-state index in [0.717, 1.165) is 18.4 Å². The fourth-order valence-corrected chi connectivity index (χ4v) is 4.80. The number of methoxy groups -OCH3 is 1. The zero-order valence-electron chi connectivity index (χ0n) is 20.8. The van der Waals surface area contributed by atoms with Crippen LogP contribution in [0.5, 0.6) is 0 Å². The molecule has 2 aromatic carbocycles. The van der Waals surface area contributed by atoms with E-state index in [0.29, 0.717) is 41.4 Å². The molecule has 0 saturated carbocycles. The third-order valence-electron chi connectivity index (χ3n) is 5.83. The number of nitrogens with zero attached hydrogens (tertiary/aromatic N) is 2. The minimum atomic E-state index is -0.0524. The summed E-state index contributed by atoms with van der Waals surface area (Å²) in [4.78, 5) is 30.2. The average molecular weight is 494 g/mol. The second-order valence-corrected chi connectivity index (χ2v) is 9.79. The van der Waals surface area contributed by atoms with E-state index >= 15 is 0 Å². The quantitative estimate of drug-likeness (QED) is 0.215. The lowest BCUT2D eigenvalue weighted by molar-refractivity contribution is -0.121. The van der Waals surface area contributed by atoms with Crippen molar-refractivity contribution in [2.45, 2.75) is 56.8 Å². The van der Waals surface area contributed by atoms with Crippen LogP contribution >= 0.6 is 11.8 Å². The van der Waals surface area contributed by atoms with E-state index in [1.165, 1.54) is 17.3 Å². The maximum atomic E-state index is 13.1. The monoisotopic (exact) mass is 493 g/mol. The van der Waals surface area contributed by atoms with E-state index in [2.05, 4.69) is 17.4 Å². The Labute approximate surface area is 212 Å². The molecule has 0 bridgehead atoms. The molecule has 0 radical (unpaired) electrons. The van der Waals surface area contributed by atoms with Crippen LogP contribution in [0, 0.1) is 0 Å². The molecule has 1 aromatic heterocycles. The van der Waals surface area contributed by atoms with Gasteiger partial charge in [0.25, 0.3) is 5.56 Å². The number of ether oxygens (including phenoxy) is 1. The van der Waals surface area contributed by atoms with Crippen LogP contribution in [0.15, 0.2) is 70.6 Å². The van der Waals surface area contributed by atoms with E-state index < -0.39 is 0 Å². The highest BCUT2D eigenvalue weighted by atomic mass is 32.2. The SMILES string of the molecule is COCc1nc(SCCCC(=O)NC(C)CCc2ccccc2)n(C)c(=O)c1Cc1ccccc1. The molecule has 1 amide bonds. The fourth-order valence-electron chi connectivity index (χ4n) is 3.88. The van der Waals surface area contributed by atoms with E-state index in [1.54, 1.807) is 18.7 Å². The summed E-state index contributed by atoms with van der Waals surface area (Å²) in [7, 11) is 3.36. The topological polar surface area (TPSA) is 73.2 Å². The summed E-state index contributed by atoms with van der Waals surface area (Å²) in [6.45, 7) is 2.33. The van der Waals surface area contributed by atoms with Crippen molar-refractivity contribution in [2.75, 3.05) is 12.9 Å². The summed E-state index contributed by atoms with van der Waals surface area (Å²) >= 11 is 1.50. The fraction of sp³-hybridized carbons (Fsp3) is 0.393. The summed E-state index contributed by atoms with van der Waals surface area (Å²) in [5, 5.41) is 3.74. The predicted molar refractivity (Wildman–Crippen MR) is 142 cm³/mol. The molecule has 1 heterocycles. The van der Waals surface area contributed by atoms with Crippen molar-refractivity contribution in [2.24, 2.45) is 7.05 Å². The van der Waals surface area contributed by atoms with Crippen LogP contribution in [-0.2, 0) is 36.0 Å². The lowest BCUT2D eigenvalue weighted by Gasteiger charge is -2.15. The van der Waals surface area contributed by atoms with Crippen LogP contribution < -0.4 is 10.9 Å². The van der Waals surface area contributed by atoms with Crippen LogP contribution in [0.1, 0.15) is 48.6 Å². The molecule has 0 aliphatic heterocycles. The maximum Gasteiger partial charge on any atom is 0.257 e. The Bertz CT molecular complexity index is 1130. The number of nitrogens with one attached hydrogen (secondary N) is 1. The predicted octanol–water partition coefficient (Wildman–Crippen LogP) is 4.53. The third-order valence-corrected chi connectivity index (χ3v) is 6.95. The Morgan fingerprint density at radius 2 is 1.74 bits per heavy atom. The minimum absolute atomic E-state index is 0.0524. The molecule has 1 unspecified atom stereocenters. The standard InChI is InChI=1S/C28H35N3O3S/c1-21(16-17-22-11-6-4-7-12-22)29-26(32)15-10-18-35-28-30-25(20-34-3)24(27(33)31(28)2)19-23-13-8-5-9-14-23/h4-9,11-14,21H,10,15-20H2,1-3H3,(H,29,32). The Hall–Kier alpha value is -2.90. The van der Waals surface area contributed by atoms with Gasteiger partial charge in [-0.2, -0.15) is 0 Å². The Balaban J connectivity index is 1.50. The van der Waals surface area contributed by atoms with Crippen molar-refractivity contribution in [1.29, 1.82) is 0 Å². The van der Waals surface area contributed by atoms with Crippen LogP contribution in [0.25, 0.3) is 0 Å². The van der Waals surface area contributed by atoms with Gasteiger partial charge >= 0.3 is 0 Å². The second kappa shape index (κ2) is 13.9. The summed E-state index contributed by atoms with van der Waals surface area (Å²) in [6, 6.07) is 20.3. The number of amides is 1. The number of benzene rings is 2. The van der Waals surface area contributed by atoms with Gasteiger partial charge in [-0.1, -0.05) is 72.4 Å². The van der Waals surface area contributed by atoms with Gasteiger partial charge in [0.2, 0.25) is 5.91 Å². The molecule has 0 fully saturated rings. The van der Waals surface area contributed by atoms with E-state index in [-0.39, 0.29) is 24.1 Å². The molecule has 35 heavy (non-hydrogen) atoms. The van der Waals surface area contributed by atoms with E-state index in [1.807, 2.05) is 55.5 Å². The normalized spacial score (nSPS) is 11.9. The molecule has 0 aliphatic carbocycles. The second-order valence-electron chi connectivity index (χ2n) is 8.72. The van der Waals surface area contributed by atoms with Gasteiger partial charge < -0.3 is 10.1 Å². The van der Waals surface area contributed by atoms with Gasteiger partial charge in [0.15, 0.2) is 5.16 Å². The lowest BCUT2D eigenvalue weighted by atomic mass is 10.0. The highest BCUT2D eigenvalue weighted by Gasteiger charge is 2.16. The Morgan fingerprint density at radius 3 is 2.40 bits per heavy atom.